The van der Waals surface area contributed by atoms with Gasteiger partial charge in [-0.25, -0.2) is 0 Å². The van der Waals surface area contributed by atoms with Crippen LogP contribution >= 0.6 is 0 Å². The molecule has 0 radical (unpaired) electrons. The summed E-state index contributed by atoms with van der Waals surface area (Å²) in [6, 6.07) is 14.6. The maximum Gasteiger partial charge on any atom is 0.225 e. The van der Waals surface area contributed by atoms with E-state index in [-0.39, 0.29) is 17.9 Å². The molecule has 2 atom stereocenters. The number of amides is 1. The lowest BCUT2D eigenvalue weighted by molar-refractivity contribution is -0.125. The number of carbonyl (C=O) groups excluding carboxylic acids is 1. The number of ether oxygens (including phenoxy) is 2. The number of nitrogens with one attached hydrogen (secondary N) is 1. The van der Waals surface area contributed by atoms with Crippen molar-refractivity contribution in [2.24, 2.45) is 11.8 Å². The number of anilines is 2. The fraction of sp³-hybridized carbons (Fsp3) is 0.480. The van der Waals surface area contributed by atoms with Crippen molar-refractivity contribution in [2.75, 3.05) is 50.2 Å². The van der Waals surface area contributed by atoms with Gasteiger partial charge in [-0.1, -0.05) is 6.07 Å². The summed E-state index contributed by atoms with van der Waals surface area (Å²) in [7, 11) is 3.39. The monoisotopic (exact) mass is 421 g/mol. The van der Waals surface area contributed by atoms with Crippen molar-refractivity contribution in [2.45, 2.75) is 25.3 Å². The molecule has 0 spiro atoms. The highest BCUT2D eigenvalue weighted by molar-refractivity contribution is 5.82. The molecular weight excluding hydrogens is 390 g/mol. The summed E-state index contributed by atoms with van der Waals surface area (Å²) in [5.41, 5.74) is 3.63. The number of hydrogen-bond acceptors (Lipinski definition) is 5. The molecular formula is C25H31N3O3. The first-order chi connectivity index (χ1) is 15.2. The van der Waals surface area contributed by atoms with Gasteiger partial charge in [0.1, 0.15) is 11.5 Å². The zero-order chi connectivity index (χ0) is 21.4. The van der Waals surface area contributed by atoms with E-state index in [1.54, 1.807) is 14.2 Å². The number of rotatable bonds is 6. The van der Waals surface area contributed by atoms with Gasteiger partial charge in [-0.05, 0) is 61.1 Å². The molecule has 6 nitrogen and oxygen atoms in total. The normalized spacial score (nSPS) is 22.4. The number of piperazine rings is 1. The molecule has 1 saturated carbocycles. The number of fused-ring (bicyclic) bond motifs is 3. The number of methoxy groups -OCH3 is 2. The van der Waals surface area contributed by atoms with Crippen molar-refractivity contribution in [3.05, 3.63) is 48.0 Å². The molecule has 0 unspecified atom stereocenters. The minimum atomic E-state index is -0.0549. The van der Waals surface area contributed by atoms with Gasteiger partial charge in [-0.15, -0.1) is 0 Å². The third kappa shape index (κ3) is 4.03. The van der Waals surface area contributed by atoms with Crippen LogP contribution in [-0.4, -0.2) is 52.3 Å². The largest absolute Gasteiger partial charge is 0.497 e. The Bertz CT molecular complexity index is 942. The Hall–Kier alpha value is -2.89. The highest BCUT2D eigenvalue weighted by Gasteiger charge is 2.42. The molecule has 1 amide bonds. The molecule has 164 valence electrons. The quantitative estimate of drug-likeness (QED) is 0.777. The summed E-state index contributed by atoms with van der Waals surface area (Å²) >= 11 is 0. The van der Waals surface area contributed by atoms with Gasteiger partial charge in [-0.3, -0.25) is 4.79 Å². The van der Waals surface area contributed by atoms with Crippen LogP contribution in [0.15, 0.2) is 42.5 Å². The van der Waals surface area contributed by atoms with Gasteiger partial charge in [0, 0.05) is 43.6 Å². The fourth-order valence-electron chi connectivity index (χ4n) is 4.93. The second kappa shape index (κ2) is 8.33. The van der Waals surface area contributed by atoms with E-state index in [4.69, 9.17) is 9.47 Å². The molecule has 6 heteroatoms. The van der Waals surface area contributed by atoms with E-state index in [2.05, 4.69) is 39.4 Å². The van der Waals surface area contributed by atoms with Crippen LogP contribution in [0, 0.1) is 11.8 Å². The SMILES string of the molecule is COc1ccc(N2CCN3c4cc(OC)ccc4C[C@H](C(=O)NCC4CC4)[C@H]3C2)cc1. The molecule has 0 bridgehead atoms. The van der Waals surface area contributed by atoms with Crippen molar-refractivity contribution in [1.82, 2.24) is 5.32 Å². The third-order valence-corrected chi connectivity index (χ3v) is 6.96. The van der Waals surface area contributed by atoms with E-state index < -0.39 is 0 Å². The molecule has 0 aromatic heterocycles. The maximum absolute atomic E-state index is 13.2. The van der Waals surface area contributed by atoms with Crippen LogP contribution in [0.5, 0.6) is 11.5 Å². The highest BCUT2D eigenvalue weighted by atomic mass is 16.5. The summed E-state index contributed by atoms with van der Waals surface area (Å²) in [4.78, 5) is 18.1. The van der Waals surface area contributed by atoms with Gasteiger partial charge in [0.2, 0.25) is 5.91 Å². The van der Waals surface area contributed by atoms with Gasteiger partial charge in [0.25, 0.3) is 0 Å². The Morgan fingerprint density at radius 3 is 2.48 bits per heavy atom. The lowest BCUT2D eigenvalue weighted by Gasteiger charge is -2.49. The Morgan fingerprint density at radius 2 is 1.77 bits per heavy atom. The van der Waals surface area contributed by atoms with Crippen LogP contribution in [0.1, 0.15) is 18.4 Å². The van der Waals surface area contributed by atoms with Crippen LogP contribution in [0.2, 0.25) is 0 Å². The van der Waals surface area contributed by atoms with Crippen molar-refractivity contribution in [3.63, 3.8) is 0 Å². The summed E-state index contributed by atoms with van der Waals surface area (Å²) < 4.78 is 10.8. The smallest absolute Gasteiger partial charge is 0.225 e. The molecule has 2 aromatic carbocycles. The van der Waals surface area contributed by atoms with E-state index >= 15 is 0 Å². The van der Waals surface area contributed by atoms with Crippen LogP contribution in [0.25, 0.3) is 0 Å². The molecule has 1 aliphatic carbocycles. The van der Waals surface area contributed by atoms with Crippen LogP contribution in [0.4, 0.5) is 11.4 Å². The molecule has 31 heavy (non-hydrogen) atoms. The van der Waals surface area contributed by atoms with Gasteiger partial charge < -0.3 is 24.6 Å². The highest BCUT2D eigenvalue weighted by Crippen LogP contribution is 2.39. The first-order valence-electron chi connectivity index (χ1n) is 11.3. The fourth-order valence-corrected chi connectivity index (χ4v) is 4.93. The molecule has 1 saturated heterocycles. The van der Waals surface area contributed by atoms with E-state index in [0.29, 0.717) is 5.92 Å². The van der Waals surface area contributed by atoms with E-state index in [1.165, 1.54) is 29.8 Å². The molecule has 3 aliphatic rings. The summed E-state index contributed by atoms with van der Waals surface area (Å²) in [6.07, 6.45) is 3.26. The van der Waals surface area contributed by atoms with Crippen LogP contribution < -0.4 is 24.6 Å². The lowest BCUT2D eigenvalue weighted by atomic mass is 9.83. The molecule has 1 N–H and O–H groups in total. The topological polar surface area (TPSA) is 54.0 Å². The van der Waals surface area contributed by atoms with Crippen molar-refractivity contribution >= 4 is 17.3 Å². The minimum absolute atomic E-state index is 0.0549. The third-order valence-electron chi connectivity index (χ3n) is 6.96. The van der Waals surface area contributed by atoms with Crippen molar-refractivity contribution in [1.29, 1.82) is 0 Å². The zero-order valence-corrected chi connectivity index (χ0v) is 18.3. The van der Waals surface area contributed by atoms with Gasteiger partial charge in [-0.2, -0.15) is 0 Å². The summed E-state index contributed by atoms with van der Waals surface area (Å²) in [6.45, 7) is 3.43. The Morgan fingerprint density at radius 1 is 1.03 bits per heavy atom. The van der Waals surface area contributed by atoms with E-state index in [1.807, 2.05) is 18.2 Å². The Kier molecular flexibility index (Phi) is 5.38. The van der Waals surface area contributed by atoms with E-state index in [9.17, 15) is 4.79 Å². The van der Waals surface area contributed by atoms with Gasteiger partial charge >= 0.3 is 0 Å². The predicted octanol–water partition coefficient (Wildman–Crippen LogP) is 3.10. The number of hydrogen-bond donors (Lipinski definition) is 1. The summed E-state index contributed by atoms with van der Waals surface area (Å²) in [5, 5.41) is 3.25. The van der Waals surface area contributed by atoms with Crippen LogP contribution in [-0.2, 0) is 11.2 Å². The molecule has 2 aromatic rings. The Labute approximate surface area is 184 Å². The summed E-state index contributed by atoms with van der Waals surface area (Å²) in [5.74, 6) is 2.55. The molecule has 2 aliphatic heterocycles. The molecule has 2 fully saturated rings. The van der Waals surface area contributed by atoms with Crippen molar-refractivity contribution in [3.8, 4) is 11.5 Å². The molecule has 5 rings (SSSR count). The first-order valence-corrected chi connectivity index (χ1v) is 11.3. The van der Waals surface area contributed by atoms with E-state index in [0.717, 1.165) is 44.1 Å². The van der Waals surface area contributed by atoms with Crippen molar-refractivity contribution < 1.29 is 14.3 Å². The average molecular weight is 422 g/mol. The number of nitrogens with zero attached hydrogens (tertiary/aromatic N) is 2. The number of carbonyl (C=O) groups is 1. The maximum atomic E-state index is 13.2. The first kappa shape index (κ1) is 20.0. The standard InChI is InChI=1S/C25H31N3O3/c1-30-20-9-6-19(7-10-20)27-11-12-28-23-14-21(31-2)8-5-18(23)13-22(24(28)16-27)25(29)26-15-17-3-4-17/h5-10,14,17,22,24H,3-4,11-13,15-16H2,1-2H3,(H,26,29)/t22-,24+/m0/s1. The minimum Gasteiger partial charge on any atom is -0.497 e. The Balaban J connectivity index is 1.42. The number of benzene rings is 2. The average Bonchev–Trinajstić information content (AvgIpc) is 3.66. The second-order valence-electron chi connectivity index (χ2n) is 8.90. The van der Waals surface area contributed by atoms with Gasteiger partial charge in [0.05, 0.1) is 26.2 Å². The zero-order valence-electron chi connectivity index (χ0n) is 18.3. The lowest BCUT2D eigenvalue weighted by Crippen LogP contribution is -2.61. The molecule has 2 heterocycles. The van der Waals surface area contributed by atoms with Gasteiger partial charge in [0.15, 0.2) is 0 Å². The van der Waals surface area contributed by atoms with Crippen LogP contribution in [0.3, 0.4) is 0 Å². The predicted molar refractivity (Wildman–Crippen MR) is 122 cm³/mol. The second-order valence-corrected chi connectivity index (χ2v) is 8.90.